The normalized spacial score (nSPS) is 13.8. The minimum Gasteiger partial charge on any atom is -0.469 e. The molecule has 1 aromatic heterocycles. The van der Waals surface area contributed by atoms with Crippen LogP contribution in [0, 0.1) is 11.3 Å². The number of hydrogen-bond acceptors (Lipinski definition) is 5. The lowest BCUT2D eigenvalue weighted by molar-refractivity contribution is -0.140. The van der Waals surface area contributed by atoms with Crippen molar-refractivity contribution in [3.63, 3.8) is 0 Å². The summed E-state index contributed by atoms with van der Waals surface area (Å²) in [6.45, 7) is 3.96. The number of aromatic amines is 1. The molecule has 172 valence electrons. The summed E-state index contributed by atoms with van der Waals surface area (Å²) in [5.74, 6) is 1.13. The number of fused-ring (bicyclic) bond motifs is 1. The summed E-state index contributed by atoms with van der Waals surface area (Å²) in [5, 5.41) is 18.4. The first-order valence-corrected chi connectivity index (χ1v) is 11.2. The molecule has 1 heterocycles. The zero-order chi connectivity index (χ0) is 22.9. The predicted molar refractivity (Wildman–Crippen MR) is 125 cm³/mol. The van der Waals surface area contributed by atoms with E-state index >= 15 is 0 Å². The van der Waals surface area contributed by atoms with Crippen LogP contribution in [0.4, 0.5) is 5.69 Å². The van der Waals surface area contributed by atoms with Crippen LogP contribution in [0.1, 0.15) is 51.1 Å². The number of aliphatic imine (C=N–C) groups is 1. The number of amidine groups is 1. The Kier molecular flexibility index (Phi) is 8.35. The minimum atomic E-state index is -0.279. The number of methoxy groups -OCH3 is 1. The zero-order valence-corrected chi connectivity index (χ0v) is 18.8. The first kappa shape index (κ1) is 23.4. The first-order chi connectivity index (χ1) is 15.5. The summed E-state index contributed by atoms with van der Waals surface area (Å²) < 4.78 is 4.70. The third-order valence-corrected chi connectivity index (χ3v) is 5.55. The molecular formula is C23H32N6O3. The molecule has 32 heavy (non-hydrogen) atoms. The lowest BCUT2D eigenvalue weighted by Crippen LogP contribution is -2.34. The van der Waals surface area contributed by atoms with Crippen molar-refractivity contribution in [1.29, 1.82) is 5.41 Å². The number of rotatable bonds is 12. The number of hydrogen-bond donors (Lipinski definition) is 3. The molecule has 0 radical (unpaired) electrons. The van der Waals surface area contributed by atoms with Gasteiger partial charge in [0.15, 0.2) is 0 Å². The molecule has 1 amide bonds. The molecule has 9 heteroatoms. The van der Waals surface area contributed by atoms with E-state index in [1.165, 1.54) is 20.0 Å². The Bertz CT molecular complexity index is 979. The van der Waals surface area contributed by atoms with Crippen LogP contribution >= 0.6 is 0 Å². The van der Waals surface area contributed by atoms with Crippen molar-refractivity contribution in [2.75, 3.05) is 25.5 Å². The van der Waals surface area contributed by atoms with Crippen LogP contribution in [0.15, 0.2) is 23.2 Å². The van der Waals surface area contributed by atoms with E-state index in [1.807, 2.05) is 18.2 Å². The van der Waals surface area contributed by atoms with Crippen molar-refractivity contribution < 1.29 is 14.3 Å². The van der Waals surface area contributed by atoms with E-state index in [1.54, 1.807) is 0 Å². The number of anilines is 1. The Labute approximate surface area is 188 Å². The van der Waals surface area contributed by atoms with Gasteiger partial charge in [0.05, 0.1) is 19.0 Å². The van der Waals surface area contributed by atoms with Gasteiger partial charge in [-0.2, -0.15) is 5.10 Å². The summed E-state index contributed by atoms with van der Waals surface area (Å²) in [4.78, 5) is 30.5. The molecule has 1 saturated carbocycles. The van der Waals surface area contributed by atoms with E-state index in [0.29, 0.717) is 24.4 Å². The van der Waals surface area contributed by atoms with E-state index in [2.05, 4.69) is 32.3 Å². The Morgan fingerprint density at radius 3 is 2.84 bits per heavy atom. The van der Waals surface area contributed by atoms with Crippen LogP contribution < -0.4 is 5.32 Å². The van der Waals surface area contributed by atoms with Crippen LogP contribution in [0.2, 0.25) is 0 Å². The number of aryl methyl sites for hydroxylation is 1. The minimum absolute atomic E-state index is 0.107. The van der Waals surface area contributed by atoms with Gasteiger partial charge < -0.3 is 15.0 Å². The number of nitrogens with zero attached hydrogens (tertiary/aromatic N) is 3. The summed E-state index contributed by atoms with van der Waals surface area (Å²) in [7, 11) is 1.37. The molecule has 0 unspecified atom stereocenters. The number of esters is 1. The summed E-state index contributed by atoms with van der Waals surface area (Å²) in [6, 6.07) is 5.52. The van der Waals surface area contributed by atoms with Gasteiger partial charge >= 0.3 is 5.97 Å². The smallest absolute Gasteiger partial charge is 0.305 e. The number of nitrogens with one attached hydrogen (secondary N) is 3. The third-order valence-electron chi connectivity index (χ3n) is 5.55. The highest BCUT2D eigenvalue weighted by atomic mass is 16.5. The maximum absolute atomic E-state index is 12.6. The predicted octanol–water partition coefficient (Wildman–Crippen LogP) is 3.51. The molecule has 0 spiro atoms. The molecule has 1 aromatic carbocycles. The highest BCUT2D eigenvalue weighted by Crippen LogP contribution is 2.30. The Hall–Kier alpha value is -3.23. The van der Waals surface area contributed by atoms with Crippen molar-refractivity contribution in [3.05, 3.63) is 23.9 Å². The molecule has 3 N–H and O–H groups in total. The molecular weight excluding hydrogens is 408 g/mol. The first-order valence-electron chi connectivity index (χ1n) is 11.2. The molecule has 1 aliphatic rings. The van der Waals surface area contributed by atoms with Crippen molar-refractivity contribution >= 4 is 40.6 Å². The van der Waals surface area contributed by atoms with Gasteiger partial charge in [0, 0.05) is 49.1 Å². The van der Waals surface area contributed by atoms with E-state index in [9.17, 15) is 9.59 Å². The second-order valence-corrected chi connectivity index (χ2v) is 8.12. The van der Waals surface area contributed by atoms with Gasteiger partial charge in [0.25, 0.3) is 0 Å². The van der Waals surface area contributed by atoms with E-state index in [4.69, 9.17) is 10.1 Å². The molecule has 9 nitrogen and oxygen atoms in total. The van der Waals surface area contributed by atoms with Gasteiger partial charge in [-0.25, -0.2) is 4.99 Å². The number of ether oxygens (including phenoxy) is 1. The van der Waals surface area contributed by atoms with Crippen molar-refractivity contribution in [2.24, 2.45) is 10.9 Å². The average Bonchev–Trinajstić information content (AvgIpc) is 3.52. The highest BCUT2D eigenvalue weighted by molar-refractivity contribution is 5.97. The highest BCUT2D eigenvalue weighted by Gasteiger charge is 2.25. The second kappa shape index (κ2) is 11.4. The fourth-order valence-electron chi connectivity index (χ4n) is 3.70. The number of aromatic nitrogens is 2. The standard InChI is InChI=1S/C23H32N6O3/c1-3-12-29(14-16-4-5-16)21(25-15-24)9-10-22(30)26-17-6-7-19-18(13-17)20(28-27-19)8-11-23(31)32-2/h6-7,13,15-16,24H,3-5,8-12,14H2,1-2H3,(H,26,30)(H,27,28). The Morgan fingerprint density at radius 1 is 1.34 bits per heavy atom. The maximum atomic E-state index is 12.6. The van der Waals surface area contributed by atoms with E-state index in [0.717, 1.165) is 48.3 Å². The Morgan fingerprint density at radius 2 is 2.16 bits per heavy atom. The van der Waals surface area contributed by atoms with Gasteiger partial charge in [0.2, 0.25) is 5.91 Å². The number of H-pyrrole nitrogens is 1. The van der Waals surface area contributed by atoms with E-state index in [-0.39, 0.29) is 24.7 Å². The summed E-state index contributed by atoms with van der Waals surface area (Å²) in [5.41, 5.74) is 2.29. The van der Waals surface area contributed by atoms with E-state index < -0.39 is 0 Å². The average molecular weight is 441 g/mol. The molecule has 0 aliphatic heterocycles. The van der Waals surface area contributed by atoms with Gasteiger partial charge in [0.1, 0.15) is 12.2 Å². The quantitative estimate of drug-likeness (QED) is 0.265. The molecule has 0 atom stereocenters. The van der Waals surface area contributed by atoms with Crippen LogP contribution in [0.25, 0.3) is 10.9 Å². The largest absolute Gasteiger partial charge is 0.469 e. The fraction of sp³-hybridized carbons (Fsp3) is 0.522. The molecule has 3 rings (SSSR count). The van der Waals surface area contributed by atoms with Crippen molar-refractivity contribution in [2.45, 2.75) is 51.9 Å². The van der Waals surface area contributed by atoms with Gasteiger partial charge in [-0.1, -0.05) is 6.92 Å². The van der Waals surface area contributed by atoms with Gasteiger partial charge in [-0.3, -0.25) is 20.1 Å². The fourth-order valence-corrected chi connectivity index (χ4v) is 3.70. The number of carbonyl (C=O) groups excluding carboxylic acids is 2. The lowest BCUT2D eigenvalue weighted by atomic mass is 10.1. The zero-order valence-electron chi connectivity index (χ0n) is 18.8. The number of amides is 1. The van der Waals surface area contributed by atoms with Crippen LogP contribution in [-0.4, -0.2) is 59.3 Å². The summed E-state index contributed by atoms with van der Waals surface area (Å²) >= 11 is 0. The summed E-state index contributed by atoms with van der Waals surface area (Å²) in [6.07, 6.45) is 6.08. The van der Waals surface area contributed by atoms with Crippen LogP contribution in [0.3, 0.4) is 0 Å². The monoisotopic (exact) mass is 440 g/mol. The topological polar surface area (TPSA) is 124 Å². The Balaban J connectivity index is 1.61. The third kappa shape index (κ3) is 6.63. The van der Waals surface area contributed by atoms with Gasteiger partial charge in [-0.05, 0) is 43.4 Å². The van der Waals surface area contributed by atoms with Crippen LogP contribution in [0.5, 0.6) is 0 Å². The second-order valence-electron chi connectivity index (χ2n) is 8.12. The van der Waals surface area contributed by atoms with Gasteiger partial charge in [-0.15, -0.1) is 0 Å². The molecule has 0 saturated heterocycles. The molecule has 1 fully saturated rings. The number of benzene rings is 1. The molecule has 0 bridgehead atoms. The molecule has 2 aromatic rings. The SMILES string of the molecule is CCCN(CC1CC1)C(CCC(=O)Nc1ccc2n[nH]c(CCC(=O)OC)c2c1)=NC=N. The van der Waals surface area contributed by atoms with Crippen molar-refractivity contribution in [1.82, 2.24) is 15.1 Å². The van der Waals surface area contributed by atoms with Crippen LogP contribution in [-0.2, 0) is 20.7 Å². The maximum Gasteiger partial charge on any atom is 0.305 e. The lowest BCUT2D eigenvalue weighted by Gasteiger charge is -2.25. The number of carbonyl (C=O) groups is 2. The van der Waals surface area contributed by atoms with Crippen molar-refractivity contribution in [3.8, 4) is 0 Å². The molecule has 1 aliphatic carbocycles.